The molecule has 0 saturated heterocycles. The van der Waals surface area contributed by atoms with Crippen molar-refractivity contribution in [3.63, 3.8) is 0 Å². The smallest absolute Gasteiger partial charge is 0.251 e. The molecule has 29 heavy (non-hydrogen) atoms. The van der Waals surface area contributed by atoms with Crippen molar-refractivity contribution in [2.45, 2.75) is 26.8 Å². The number of nitrogens with one attached hydrogen (secondary N) is 2. The summed E-state index contributed by atoms with van der Waals surface area (Å²) in [5.74, 6) is 0.224. The van der Waals surface area contributed by atoms with Crippen LogP contribution in [0.4, 0.5) is 5.69 Å². The lowest BCUT2D eigenvalue weighted by Crippen LogP contribution is -2.50. The molecule has 0 aliphatic heterocycles. The number of hydrogen-bond donors (Lipinski definition) is 2. The fraction of sp³-hybridized carbons (Fsp3) is 0.391. The summed E-state index contributed by atoms with van der Waals surface area (Å²) in [7, 11) is 1.98. The normalized spacial score (nSPS) is 11.6. The predicted molar refractivity (Wildman–Crippen MR) is 116 cm³/mol. The van der Waals surface area contributed by atoms with Gasteiger partial charge in [0.1, 0.15) is 11.8 Å². The number of amides is 2. The predicted octanol–water partition coefficient (Wildman–Crippen LogP) is 3.09. The molecule has 2 amide bonds. The highest BCUT2D eigenvalue weighted by Crippen LogP contribution is 2.13. The molecule has 0 unspecified atom stereocenters. The van der Waals surface area contributed by atoms with Crippen LogP contribution in [-0.4, -0.2) is 44.6 Å². The average molecular weight is 398 g/mol. The van der Waals surface area contributed by atoms with Crippen molar-refractivity contribution in [1.29, 1.82) is 0 Å². The number of nitrogens with zero attached hydrogens (tertiary/aromatic N) is 1. The quantitative estimate of drug-likeness (QED) is 0.646. The van der Waals surface area contributed by atoms with E-state index in [2.05, 4.69) is 15.5 Å². The molecule has 6 heteroatoms. The summed E-state index contributed by atoms with van der Waals surface area (Å²) in [6.07, 6.45) is 0. The van der Waals surface area contributed by atoms with Crippen LogP contribution in [0.1, 0.15) is 31.1 Å². The molecular formula is C23H31N3O3. The fourth-order valence-electron chi connectivity index (χ4n) is 2.90. The number of carbonyl (C=O) groups is 2. The van der Waals surface area contributed by atoms with Gasteiger partial charge < -0.3 is 20.3 Å². The number of likely N-dealkylation sites (N-methyl/N-ethyl adjacent to an activating group) is 1. The van der Waals surface area contributed by atoms with Gasteiger partial charge in [-0.05, 0) is 49.2 Å². The van der Waals surface area contributed by atoms with Crippen LogP contribution in [0, 0.1) is 5.92 Å². The van der Waals surface area contributed by atoms with Gasteiger partial charge in [-0.25, -0.2) is 0 Å². The zero-order valence-electron chi connectivity index (χ0n) is 17.6. The first-order valence-corrected chi connectivity index (χ1v) is 10.00. The standard InChI is InChI=1S/C23H31N3O3/c1-5-29-20-13-11-18(12-14-20)22(27)25-21(17(2)3)23(28)24-15-16-26(4)19-9-7-6-8-10-19/h6-14,17,21H,5,15-16H2,1-4H3,(H,24,28)(H,25,27)/t21-/m0/s1. The lowest BCUT2D eigenvalue weighted by molar-refractivity contribution is -0.123. The number of carbonyl (C=O) groups excluding carboxylic acids is 2. The first kappa shape index (κ1) is 22.3. The topological polar surface area (TPSA) is 70.7 Å². The first-order valence-electron chi connectivity index (χ1n) is 10.00. The van der Waals surface area contributed by atoms with Gasteiger partial charge >= 0.3 is 0 Å². The van der Waals surface area contributed by atoms with Gasteiger partial charge in [0.2, 0.25) is 5.91 Å². The molecule has 0 bridgehead atoms. The molecule has 2 N–H and O–H groups in total. The molecule has 0 spiro atoms. The summed E-state index contributed by atoms with van der Waals surface area (Å²) in [5, 5.41) is 5.78. The van der Waals surface area contributed by atoms with Gasteiger partial charge in [-0.1, -0.05) is 32.0 Å². The third-order valence-corrected chi connectivity index (χ3v) is 4.61. The van der Waals surface area contributed by atoms with Gasteiger partial charge in [-0.3, -0.25) is 9.59 Å². The van der Waals surface area contributed by atoms with Gasteiger partial charge in [0.05, 0.1) is 6.61 Å². The van der Waals surface area contributed by atoms with E-state index in [1.165, 1.54) is 0 Å². The van der Waals surface area contributed by atoms with Crippen molar-refractivity contribution < 1.29 is 14.3 Å². The van der Waals surface area contributed by atoms with E-state index in [1.54, 1.807) is 24.3 Å². The Bertz CT molecular complexity index is 776. The Labute approximate surface area is 173 Å². The van der Waals surface area contributed by atoms with Crippen molar-refractivity contribution in [3.05, 3.63) is 60.2 Å². The summed E-state index contributed by atoms with van der Waals surface area (Å²) in [6.45, 7) is 7.47. The molecule has 2 rings (SSSR count). The Morgan fingerprint density at radius 1 is 1.03 bits per heavy atom. The fourth-order valence-corrected chi connectivity index (χ4v) is 2.90. The maximum absolute atomic E-state index is 12.6. The number of anilines is 1. The van der Waals surface area contributed by atoms with Crippen LogP contribution >= 0.6 is 0 Å². The van der Waals surface area contributed by atoms with E-state index in [9.17, 15) is 9.59 Å². The number of benzene rings is 2. The van der Waals surface area contributed by atoms with Crippen LogP contribution in [0.2, 0.25) is 0 Å². The van der Waals surface area contributed by atoms with Crippen LogP contribution in [0.25, 0.3) is 0 Å². The Balaban J connectivity index is 1.89. The second-order valence-corrected chi connectivity index (χ2v) is 7.20. The van der Waals surface area contributed by atoms with Gasteiger partial charge in [0, 0.05) is 31.4 Å². The Morgan fingerprint density at radius 2 is 1.69 bits per heavy atom. The number of para-hydroxylation sites is 1. The molecule has 2 aromatic carbocycles. The minimum absolute atomic E-state index is 0.0338. The molecule has 0 aromatic heterocycles. The van der Waals surface area contributed by atoms with E-state index in [-0.39, 0.29) is 17.7 Å². The maximum Gasteiger partial charge on any atom is 0.251 e. The summed E-state index contributed by atoms with van der Waals surface area (Å²) in [5.41, 5.74) is 1.58. The van der Waals surface area contributed by atoms with Crippen LogP contribution < -0.4 is 20.3 Å². The van der Waals surface area contributed by atoms with E-state index in [1.807, 2.05) is 58.2 Å². The van der Waals surface area contributed by atoms with Gasteiger partial charge in [0.15, 0.2) is 0 Å². The van der Waals surface area contributed by atoms with E-state index in [4.69, 9.17) is 4.74 Å². The van der Waals surface area contributed by atoms with Gasteiger partial charge in [-0.15, -0.1) is 0 Å². The van der Waals surface area contributed by atoms with E-state index in [0.717, 1.165) is 5.69 Å². The summed E-state index contributed by atoms with van der Waals surface area (Å²) in [4.78, 5) is 27.3. The highest BCUT2D eigenvalue weighted by Gasteiger charge is 2.24. The molecule has 6 nitrogen and oxygen atoms in total. The van der Waals surface area contributed by atoms with Crippen molar-refractivity contribution in [2.24, 2.45) is 5.92 Å². The van der Waals surface area contributed by atoms with Gasteiger partial charge in [-0.2, -0.15) is 0 Å². The second-order valence-electron chi connectivity index (χ2n) is 7.20. The average Bonchev–Trinajstić information content (AvgIpc) is 2.72. The molecule has 2 aromatic rings. The molecule has 0 aliphatic carbocycles. The molecule has 0 saturated carbocycles. The van der Waals surface area contributed by atoms with Crippen molar-refractivity contribution in [2.75, 3.05) is 31.6 Å². The molecule has 156 valence electrons. The van der Waals surface area contributed by atoms with E-state index >= 15 is 0 Å². The van der Waals surface area contributed by atoms with Crippen LogP contribution in [0.5, 0.6) is 5.75 Å². The number of hydrogen-bond acceptors (Lipinski definition) is 4. The largest absolute Gasteiger partial charge is 0.494 e. The molecule has 0 aliphatic rings. The monoisotopic (exact) mass is 397 g/mol. The van der Waals surface area contributed by atoms with Crippen molar-refractivity contribution in [1.82, 2.24) is 10.6 Å². The molecule has 1 atom stereocenters. The SMILES string of the molecule is CCOc1ccc(C(=O)N[C@H](C(=O)NCCN(C)c2ccccc2)C(C)C)cc1. The summed E-state index contributed by atoms with van der Waals surface area (Å²) < 4.78 is 5.39. The molecular weight excluding hydrogens is 366 g/mol. The zero-order chi connectivity index (χ0) is 21.2. The number of rotatable bonds is 10. The Hall–Kier alpha value is -3.02. The van der Waals surface area contributed by atoms with Crippen molar-refractivity contribution in [3.8, 4) is 5.75 Å². The number of ether oxygens (including phenoxy) is 1. The van der Waals surface area contributed by atoms with Crippen LogP contribution in [-0.2, 0) is 4.79 Å². The highest BCUT2D eigenvalue weighted by molar-refractivity contribution is 5.97. The minimum atomic E-state index is -0.601. The molecule has 0 fully saturated rings. The van der Waals surface area contributed by atoms with Crippen LogP contribution in [0.15, 0.2) is 54.6 Å². The Kier molecular flexibility index (Phi) is 8.52. The first-order chi connectivity index (χ1) is 13.9. The lowest BCUT2D eigenvalue weighted by atomic mass is 10.0. The van der Waals surface area contributed by atoms with E-state index < -0.39 is 6.04 Å². The summed E-state index contributed by atoms with van der Waals surface area (Å²) >= 11 is 0. The van der Waals surface area contributed by atoms with Gasteiger partial charge in [0.25, 0.3) is 5.91 Å². The third-order valence-electron chi connectivity index (χ3n) is 4.61. The van der Waals surface area contributed by atoms with Crippen molar-refractivity contribution >= 4 is 17.5 Å². The summed E-state index contributed by atoms with van der Waals surface area (Å²) in [6, 6.07) is 16.3. The lowest BCUT2D eigenvalue weighted by Gasteiger charge is -2.23. The highest BCUT2D eigenvalue weighted by atomic mass is 16.5. The van der Waals surface area contributed by atoms with E-state index in [0.29, 0.717) is 31.0 Å². The second kappa shape index (κ2) is 11.1. The maximum atomic E-state index is 12.6. The molecule has 0 radical (unpaired) electrons. The molecule has 0 heterocycles. The van der Waals surface area contributed by atoms with Crippen LogP contribution in [0.3, 0.4) is 0 Å². The third kappa shape index (κ3) is 6.82. The zero-order valence-corrected chi connectivity index (χ0v) is 17.6. The Morgan fingerprint density at radius 3 is 2.28 bits per heavy atom. The minimum Gasteiger partial charge on any atom is -0.494 e.